The molecule has 2 rings (SSSR count). The molecule has 5 heteroatoms. The summed E-state index contributed by atoms with van der Waals surface area (Å²) in [5.41, 5.74) is 0.877. The highest BCUT2D eigenvalue weighted by molar-refractivity contribution is 5.51. The molecule has 0 aliphatic carbocycles. The molecule has 2 heterocycles. The fourth-order valence-corrected chi connectivity index (χ4v) is 1.14. The maximum Gasteiger partial charge on any atom is 0.315 e. The highest BCUT2D eigenvalue weighted by Crippen LogP contribution is 2.18. The number of rotatable bonds is 4. The number of hydrogen-bond acceptors (Lipinski definition) is 5. The maximum absolute atomic E-state index is 5.41. The van der Waals surface area contributed by atoms with Gasteiger partial charge in [-0.1, -0.05) is 12.0 Å². The molecule has 5 nitrogen and oxygen atoms in total. The van der Waals surface area contributed by atoms with Gasteiger partial charge in [0.15, 0.2) is 0 Å². The topological polar surface area (TPSA) is 63.8 Å². The molecule has 0 radical (unpaired) electrons. The molecule has 0 saturated carbocycles. The second kappa shape index (κ2) is 4.54. The Hall–Kier alpha value is -1.91. The first-order chi connectivity index (χ1) is 7.40. The van der Waals surface area contributed by atoms with Gasteiger partial charge in [0.05, 0.1) is 0 Å². The van der Waals surface area contributed by atoms with Crippen LogP contribution in [0.3, 0.4) is 0 Å². The Bertz CT molecular complexity index is 412. The number of pyridine rings is 1. The number of nitrogens with one attached hydrogen (secondary N) is 1. The number of hydrogen-bond donors (Lipinski definition) is 1. The Balaban J connectivity index is 2.14. The maximum atomic E-state index is 5.41. The molecule has 0 fully saturated rings. The van der Waals surface area contributed by atoms with Gasteiger partial charge in [-0.2, -0.15) is 0 Å². The van der Waals surface area contributed by atoms with Gasteiger partial charge in [-0.25, -0.2) is 0 Å². The van der Waals surface area contributed by atoms with E-state index >= 15 is 0 Å². The molecule has 0 saturated heterocycles. The molecule has 15 heavy (non-hydrogen) atoms. The molecule has 0 atom stereocenters. The fraction of sp³-hybridized carbons (Fsp3) is 0.300. The summed E-state index contributed by atoms with van der Waals surface area (Å²) in [5, 5.41) is 10.8. The van der Waals surface area contributed by atoms with Gasteiger partial charge in [-0.15, -0.1) is 5.10 Å². The quantitative estimate of drug-likeness (QED) is 0.824. The smallest absolute Gasteiger partial charge is 0.315 e. The van der Waals surface area contributed by atoms with Crippen LogP contribution in [0.1, 0.15) is 13.3 Å². The lowest BCUT2D eigenvalue weighted by molar-refractivity contribution is 0.580. The van der Waals surface area contributed by atoms with Crippen molar-refractivity contribution in [2.45, 2.75) is 13.3 Å². The van der Waals surface area contributed by atoms with Crippen LogP contribution in [0, 0.1) is 0 Å². The van der Waals surface area contributed by atoms with E-state index in [1.54, 1.807) is 12.4 Å². The van der Waals surface area contributed by atoms with Crippen LogP contribution in [-0.4, -0.2) is 21.7 Å². The summed E-state index contributed by atoms with van der Waals surface area (Å²) >= 11 is 0. The van der Waals surface area contributed by atoms with Gasteiger partial charge >= 0.3 is 6.01 Å². The summed E-state index contributed by atoms with van der Waals surface area (Å²) in [6, 6.07) is 4.12. The van der Waals surface area contributed by atoms with Crippen molar-refractivity contribution in [2.24, 2.45) is 0 Å². The minimum absolute atomic E-state index is 0.462. The van der Waals surface area contributed by atoms with E-state index in [9.17, 15) is 0 Å². The highest BCUT2D eigenvalue weighted by Gasteiger charge is 2.06. The monoisotopic (exact) mass is 204 g/mol. The van der Waals surface area contributed by atoms with Crippen molar-refractivity contribution in [2.75, 3.05) is 11.9 Å². The zero-order valence-electron chi connectivity index (χ0n) is 8.47. The molecule has 0 bridgehead atoms. The molecule has 2 aromatic heterocycles. The van der Waals surface area contributed by atoms with Gasteiger partial charge in [0.2, 0.25) is 5.89 Å². The van der Waals surface area contributed by atoms with Crippen LogP contribution in [-0.2, 0) is 0 Å². The Morgan fingerprint density at radius 2 is 2.07 bits per heavy atom. The third-order valence-electron chi connectivity index (χ3n) is 1.88. The molecule has 0 spiro atoms. The zero-order chi connectivity index (χ0) is 10.5. The van der Waals surface area contributed by atoms with E-state index in [-0.39, 0.29) is 0 Å². The summed E-state index contributed by atoms with van der Waals surface area (Å²) in [7, 11) is 0. The van der Waals surface area contributed by atoms with Crippen molar-refractivity contribution in [1.82, 2.24) is 15.2 Å². The summed E-state index contributed by atoms with van der Waals surface area (Å²) < 4.78 is 5.41. The lowest BCUT2D eigenvalue weighted by atomic mass is 10.3. The second-order valence-electron chi connectivity index (χ2n) is 3.08. The minimum atomic E-state index is 0.462. The normalized spacial score (nSPS) is 10.2. The largest absolute Gasteiger partial charge is 0.403 e. The molecule has 0 aliphatic rings. The summed E-state index contributed by atoms with van der Waals surface area (Å²) in [4.78, 5) is 3.92. The van der Waals surface area contributed by atoms with Gasteiger partial charge in [0.25, 0.3) is 0 Å². The van der Waals surface area contributed by atoms with Crippen LogP contribution in [0.5, 0.6) is 0 Å². The van der Waals surface area contributed by atoms with E-state index in [2.05, 4.69) is 27.4 Å². The Morgan fingerprint density at radius 1 is 1.27 bits per heavy atom. The van der Waals surface area contributed by atoms with Crippen molar-refractivity contribution in [3.8, 4) is 11.5 Å². The third kappa shape index (κ3) is 2.31. The van der Waals surface area contributed by atoms with Gasteiger partial charge in [-0.3, -0.25) is 4.98 Å². The van der Waals surface area contributed by atoms with Gasteiger partial charge in [0.1, 0.15) is 0 Å². The fourth-order valence-electron chi connectivity index (χ4n) is 1.14. The average Bonchev–Trinajstić information content (AvgIpc) is 2.76. The zero-order valence-corrected chi connectivity index (χ0v) is 8.47. The van der Waals surface area contributed by atoms with Crippen molar-refractivity contribution in [3.05, 3.63) is 24.5 Å². The van der Waals surface area contributed by atoms with Crippen LogP contribution in [0.2, 0.25) is 0 Å². The third-order valence-corrected chi connectivity index (χ3v) is 1.88. The van der Waals surface area contributed by atoms with Crippen LogP contribution in [0.25, 0.3) is 11.5 Å². The Kier molecular flexibility index (Phi) is 2.92. The van der Waals surface area contributed by atoms with E-state index in [1.165, 1.54) is 0 Å². The van der Waals surface area contributed by atoms with Crippen molar-refractivity contribution < 1.29 is 4.42 Å². The SMILES string of the molecule is CCCNc1nnc(-c2ccncc2)o1. The van der Waals surface area contributed by atoms with Crippen LogP contribution in [0.15, 0.2) is 28.9 Å². The first-order valence-electron chi connectivity index (χ1n) is 4.88. The van der Waals surface area contributed by atoms with Crippen LogP contribution < -0.4 is 5.32 Å². The molecule has 0 amide bonds. The molecular weight excluding hydrogens is 192 g/mol. The molecule has 0 aromatic carbocycles. The van der Waals surface area contributed by atoms with E-state index in [0.717, 1.165) is 18.5 Å². The minimum Gasteiger partial charge on any atom is -0.403 e. The van der Waals surface area contributed by atoms with E-state index < -0.39 is 0 Å². The Morgan fingerprint density at radius 3 is 2.80 bits per heavy atom. The Labute approximate surface area is 87.6 Å². The summed E-state index contributed by atoms with van der Waals surface area (Å²) in [6.07, 6.45) is 4.41. The second-order valence-corrected chi connectivity index (χ2v) is 3.08. The first kappa shape index (κ1) is 9.64. The van der Waals surface area contributed by atoms with Gasteiger partial charge in [0, 0.05) is 24.5 Å². The van der Waals surface area contributed by atoms with Gasteiger partial charge in [-0.05, 0) is 18.6 Å². The lowest BCUT2D eigenvalue weighted by Crippen LogP contribution is -1.99. The van der Waals surface area contributed by atoms with Crippen LogP contribution >= 0.6 is 0 Å². The van der Waals surface area contributed by atoms with Crippen molar-refractivity contribution in [3.63, 3.8) is 0 Å². The molecular formula is C10H12N4O. The van der Waals surface area contributed by atoms with E-state index in [0.29, 0.717) is 11.9 Å². The molecule has 2 aromatic rings. The van der Waals surface area contributed by atoms with E-state index in [4.69, 9.17) is 4.42 Å². The van der Waals surface area contributed by atoms with Crippen molar-refractivity contribution in [1.29, 1.82) is 0 Å². The first-order valence-corrected chi connectivity index (χ1v) is 4.88. The predicted octanol–water partition coefficient (Wildman–Crippen LogP) is 1.95. The van der Waals surface area contributed by atoms with Crippen LogP contribution in [0.4, 0.5) is 6.01 Å². The standard InChI is InChI=1S/C10H12N4O/c1-2-5-12-10-14-13-9(15-10)8-3-6-11-7-4-8/h3-4,6-7H,2,5H2,1H3,(H,12,14). The molecule has 0 unspecified atom stereocenters. The lowest BCUT2D eigenvalue weighted by Gasteiger charge is -1.95. The van der Waals surface area contributed by atoms with Crippen molar-refractivity contribution >= 4 is 6.01 Å². The highest BCUT2D eigenvalue weighted by atomic mass is 16.4. The summed E-state index contributed by atoms with van der Waals surface area (Å²) in [5.74, 6) is 0.510. The predicted molar refractivity (Wildman–Crippen MR) is 56.3 cm³/mol. The number of anilines is 1. The number of aromatic nitrogens is 3. The number of nitrogens with zero attached hydrogens (tertiary/aromatic N) is 3. The summed E-state index contributed by atoms with van der Waals surface area (Å²) in [6.45, 7) is 2.91. The van der Waals surface area contributed by atoms with E-state index in [1.807, 2.05) is 12.1 Å². The molecule has 1 N–H and O–H groups in total. The average molecular weight is 204 g/mol. The molecule has 78 valence electrons. The molecule has 0 aliphatic heterocycles. The van der Waals surface area contributed by atoms with Gasteiger partial charge < -0.3 is 9.73 Å².